The molecule has 130 valence electrons. The molecule has 0 bridgehead atoms. The summed E-state index contributed by atoms with van der Waals surface area (Å²) in [5, 5.41) is 0. The quantitative estimate of drug-likeness (QED) is 0.609. The summed E-state index contributed by atoms with van der Waals surface area (Å²) in [6.45, 7) is 6.70. The molecule has 4 fully saturated rings. The fourth-order valence-corrected chi connectivity index (χ4v) is 7.61. The van der Waals surface area contributed by atoms with E-state index in [1.54, 1.807) is 6.92 Å². The van der Waals surface area contributed by atoms with Gasteiger partial charge in [-0.1, -0.05) is 26.7 Å². The molecule has 0 N–H and O–H groups in total. The number of rotatable bonds is 1. The van der Waals surface area contributed by atoms with Crippen molar-refractivity contribution in [3.63, 3.8) is 0 Å². The average molecular weight is 319 g/mol. The number of ether oxygens (including phenoxy) is 1. The van der Waals surface area contributed by atoms with Crippen molar-refractivity contribution in [1.82, 2.24) is 0 Å². The van der Waals surface area contributed by atoms with Crippen LogP contribution in [-0.2, 0) is 9.53 Å². The molecule has 2 heteroatoms. The van der Waals surface area contributed by atoms with Gasteiger partial charge in [-0.25, -0.2) is 0 Å². The van der Waals surface area contributed by atoms with Gasteiger partial charge in [0.15, 0.2) is 0 Å². The van der Waals surface area contributed by atoms with Gasteiger partial charge < -0.3 is 4.74 Å². The summed E-state index contributed by atoms with van der Waals surface area (Å²) in [6, 6.07) is 0. The van der Waals surface area contributed by atoms with Crippen LogP contribution in [0.15, 0.2) is 0 Å². The first kappa shape index (κ1) is 16.0. The van der Waals surface area contributed by atoms with Gasteiger partial charge in [0.05, 0.1) is 0 Å². The molecule has 4 saturated carbocycles. The lowest BCUT2D eigenvalue weighted by atomic mass is 9.45. The van der Waals surface area contributed by atoms with E-state index in [9.17, 15) is 4.79 Å². The Balaban J connectivity index is 1.57. The Morgan fingerprint density at radius 1 is 1.00 bits per heavy atom. The Hall–Kier alpha value is -0.530. The minimum atomic E-state index is -0.0863. The molecule has 0 aliphatic heterocycles. The fraction of sp³-hybridized carbons (Fsp3) is 0.952. The second-order valence-corrected chi connectivity index (χ2v) is 9.77. The molecule has 0 radical (unpaired) electrons. The van der Waals surface area contributed by atoms with Gasteiger partial charge in [0.1, 0.15) is 6.10 Å². The van der Waals surface area contributed by atoms with Crippen LogP contribution in [0.4, 0.5) is 0 Å². The van der Waals surface area contributed by atoms with Crippen molar-refractivity contribution in [2.45, 2.75) is 91.1 Å². The van der Waals surface area contributed by atoms with Gasteiger partial charge >= 0.3 is 5.97 Å². The van der Waals surface area contributed by atoms with Crippen molar-refractivity contribution in [3.05, 3.63) is 0 Å². The van der Waals surface area contributed by atoms with Crippen LogP contribution in [0.1, 0.15) is 85.0 Å². The average Bonchev–Trinajstić information content (AvgIpc) is 2.81. The van der Waals surface area contributed by atoms with Crippen LogP contribution in [0, 0.1) is 34.5 Å². The minimum absolute atomic E-state index is 0.0863. The molecule has 4 aliphatic carbocycles. The molecule has 23 heavy (non-hydrogen) atoms. The lowest BCUT2D eigenvalue weighted by Gasteiger charge is -2.59. The Labute approximate surface area is 141 Å². The number of fused-ring (bicyclic) bond motifs is 5. The van der Waals surface area contributed by atoms with Crippen LogP contribution in [0.3, 0.4) is 0 Å². The molecule has 0 amide bonds. The van der Waals surface area contributed by atoms with E-state index in [-0.39, 0.29) is 12.1 Å². The summed E-state index contributed by atoms with van der Waals surface area (Å²) in [7, 11) is 0. The molecule has 0 saturated heterocycles. The molecule has 0 aromatic heterocycles. The van der Waals surface area contributed by atoms with Crippen LogP contribution < -0.4 is 0 Å². The van der Waals surface area contributed by atoms with Gasteiger partial charge in [-0.3, -0.25) is 4.79 Å². The lowest BCUT2D eigenvalue weighted by molar-refractivity contribution is -0.146. The summed E-state index contributed by atoms with van der Waals surface area (Å²) in [4.78, 5) is 11.4. The zero-order valence-corrected chi connectivity index (χ0v) is 15.3. The van der Waals surface area contributed by atoms with Gasteiger partial charge in [0.2, 0.25) is 0 Å². The van der Waals surface area contributed by atoms with E-state index in [1.165, 1.54) is 51.4 Å². The van der Waals surface area contributed by atoms with Gasteiger partial charge in [-0.15, -0.1) is 0 Å². The largest absolute Gasteiger partial charge is 0.463 e. The van der Waals surface area contributed by atoms with Crippen LogP contribution in [-0.4, -0.2) is 12.1 Å². The maximum absolute atomic E-state index is 11.4. The highest BCUT2D eigenvalue weighted by Gasteiger charge is 2.59. The molecular weight excluding hydrogens is 284 g/mol. The Morgan fingerprint density at radius 2 is 1.83 bits per heavy atom. The lowest BCUT2D eigenvalue weighted by Crippen LogP contribution is -2.51. The maximum atomic E-state index is 11.4. The molecule has 4 rings (SSSR count). The van der Waals surface area contributed by atoms with E-state index < -0.39 is 0 Å². The third-order valence-corrected chi connectivity index (χ3v) is 8.64. The van der Waals surface area contributed by atoms with Gasteiger partial charge in [-0.2, -0.15) is 0 Å². The molecule has 0 unspecified atom stereocenters. The molecule has 0 heterocycles. The zero-order valence-electron chi connectivity index (χ0n) is 15.3. The van der Waals surface area contributed by atoms with E-state index in [0.717, 1.165) is 36.5 Å². The molecule has 0 spiro atoms. The summed E-state index contributed by atoms with van der Waals surface area (Å²) in [6.07, 6.45) is 14.0. The molecule has 2 nitrogen and oxygen atoms in total. The van der Waals surface area contributed by atoms with E-state index in [4.69, 9.17) is 4.74 Å². The van der Waals surface area contributed by atoms with Crippen molar-refractivity contribution in [2.24, 2.45) is 34.5 Å². The van der Waals surface area contributed by atoms with E-state index in [2.05, 4.69) is 13.8 Å². The topological polar surface area (TPSA) is 26.3 Å². The molecular formula is C21H34O2. The van der Waals surface area contributed by atoms with Crippen molar-refractivity contribution in [3.8, 4) is 0 Å². The first-order valence-corrected chi connectivity index (χ1v) is 10.1. The molecule has 4 aliphatic rings. The van der Waals surface area contributed by atoms with E-state index >= 15 is 0 Å². The smallest absolute Gasteiger partial charge is 0.302 e. The summed E-state index contributed by atoms with van der Waals surface area (Å²) in [5.74, 6) is 3.54. The number of carbonyl (C=O) groups is 1. The number of carbonyl (C=O) groups excluding carboxylic acids is 1. The van der Waals surface area contributed by atoms with Gasteiger partial charge in [0.25, 0.3) is 0 Å². The normalized spacial score (nSPS) is 52.2. The number of hydrogen-bond acceptors (Lipinski definition) is 2. The summed E-state index contributed by atoms with van der Waals surface area (Å²) < 4.78 is 5.64. The second kappa shape index (κ2) is 5.49. The van der Waals surface area contributed by atoms with Gasteiger partial charge in [-0.05, 0) is 85.9 Å². The Morgan fingerprint density at radius 3 is 2.61 bits per heavy atom. The monoisotopic (exact) mass is 318 g/mol. The predicted molar refractivity (Wildman–Crippen MR) is 91.9 cm³/mol. The van der Waals surface area contributed by atoms with Crippen molar-refractivity contribution >= 4 is 5.97 Å². The molecule has 0 aromatic carbocycles. The maximum Gasteiger partial charge on any atom is 0.302 e. The van der Waals surface area contributed by atoms with Crippen molar-refractivity contribution in [1.29, 1.82) is 0 Å². The highest BCUT2D eigenvalue weighted by molar-refractivity contribution is 5.66. The Kier molecular flexibility index (Phi) is 3.81. The van der Waals surface area contributed by atoms with Crippen molar-refractivity contribution < 1.29 is 9.53 Å². The first-order chi connectivity index (χ1) is 10.9. The third kappa shape index (κ3) is 2.46. The highest BCUT2D eigenvalue weighted by atomic mass is 16.5. The standard InChI is InChI=1S/C21H34O2/c1-14(22)23-16-12-19-17-8-7-15-6-4-5-10-21(15,3)18(17)9-11-20(19,2)13-16/h15-19H,4-13H2,1-3H3/t15-,16-,17+,18-,19+,20-,21-/m0/s1. The fourth-order valence-electron chi connectivity index (χ4n) is 7.61. The Bertz CT molecular complexity index is 486. The van der Waals surface area contributed by atoms with E-state index in [0.29, 0.717) is 10.8 Å². The minimum Gasteiger partial charge on any atom is -0.463 e. The van der Waals surface area contributed by atoms with Crippen LogP contribution >= 0.6 is 0 Å². The number of hydrogen-bond donors (Lipinski definition) is 0. The number of esters is 1. The summed E-state index contributed by atoms with van der Waals surface area (Å²) >= 11 is 0. The van der Waals surface area contributed by atoms with Crippen LogP contribution in [0.25, 0.3) is 0 Å². The van der Waals surface area contributed by atoms with Crippen LogP contribution in [0.5, 0.6) is 0 Å². The van der Waals surface area contributed by atoms with Crippen molar-refractivity contribution in [2.75, 3.05) is 0 Å². The first-order valence-electron chi connectivity index (χ1n) is 10.1. The zero-order chi connectivity index (χ0) is 16.2. The molecule has 0 aromatic rings. The van der Waals surface area contributed by atoms with Gasteiger partial charge in [0, 0.05) is 6.92 Å². The predicted octanol–water partition coefficient (Wildman–Crippen LogP) is 5.35. The summed E-state index contributed by atoms with van der Waals surface area (Å²) in [5.41, 5.74) is 1.04. The second-order valence-electron chi connectivity index (χ2n) is 9.77. The molecule has 7 atom stereocenters. The third-order valence-electron chi connectivity index (χ3n) is 8.64. The van der Waals surface area contributed by atoms with Crippen LogP contribution in [0.2, 0.25) is 0 Å². The SMILES string of the molecule is CC(=O)O[C@H]1C[C@@H]2[C@@H]3CC[C@@H]4CCCC[C@]4(C)[C@H]3CC[C@@]2(C)C1. The van der Waals surface area contributed by atoms with E-state index in [1.807, 2.05) is 0 Å². The highest BCUT2D eigenvalue weighted by Crippen LogP contribution is 2.66.